The van der Waals surface area contributed by atoms with Gasteiger partial charge in [0.2, 0.25) is 0 Å². The molecule has 0 saturated carbocycles. The molecule has 230 valence electrons. The van der Waals surface area contributed by atoms with E-state index in [2.05, 4.69) is 184 Å². The van der Waals surface area contributed by atoms with Crippen LogP contribution in [0.2, 0.25) is 0 Å². The largest absolute Gasteiger partial charge is 0.0616 e. The van der Waals surface area contributed by atoms with Crippen molar-refractivity contribution in [3.63, 3.8) is 0 Å². The van der Waals surface area contributed by atoms with Crippen LogP contribution in [0.4, 0.5) is 0 Å². The van der Waals surface area contributed by atoms with Crippen LogP contribution in [0, 0.1) is 0 Å². The van der Waals surface area contributed by atoms with E-state index < -0.39 is 0 Å². The Morgan fingerprint density at radius 1 is 0.306 bits per heavy atom. The Bertz CT molecular complexity index is 2730. The second kappa shape index (κ2) is 10.5. The molecule has 0 amide bonds. The van der Waals surface area contributed by atoms with Crippen LogP contribution in [0.25, 0.3) is 87.6 Å². The molecule has 0 heterocycles. The van der Waals surface area contributed by atoms with Crippen molar-refractivity contribution in [2.45, 2.75) is 19.3 Å². The van der Waals surface area contributed by atoms with Crippen molar-refractivity contribution in [1.29, 1.82) is 0 Å². The second-order valence-electron chi connectivity index (χ2n) is 14.0. The Kier molecular flexibility index (Phi) is 6.02. The van der Waals surface area contributed by atoms with Gasteiger partial charge in [0.25, 0.3) is 0 Å². The molecule has 9 aromatic rings. The first-order valence-electron chi connectivity index (χ1n) is 17.3. The lowest BCUT2D eigenvalue weighted by atomic mass is 9.81. The fraction of sp³-hybridized carbons (Fsp3) is 0.0612. The van der Waals surface area contributed by atoms with Crippen molar-refractivity contribution in [1.82, 2.24) is 0 Å². The summed E-state index contributed by atoms with van der Waals surface area (Å²) >= 11 is 0. The van der Waals surface area contributed by atoms with E-state index in [1.165, 1.54) is 98.7 Å². The molecule has 0 spiro atoms. The van der Waals surface area contributed by atoms with Crippen LogP contribution in [0.5, 0.6) is 0 Å². The Morgan fingerprint density at radius 2 is 0.816 bits per heavy atom. The van der Waals surface area contributed by atoms with Gasteiger partial charge in [-0.3, -0.25) is 0 Å². The molecule has 9 aromatic carbocycles. The third-order valence-corrected chi connectivity index (χ3v) is 11.0. The average molecular weight is 623 g/mol. The third-order valence-electron chi connectivity index (χ3n) is 11.0. The molecule has 49 heavy (non-hydrogen) atoms. The predicted octanol–water partition coefficient (Wildman–Crippen LogP) is 13.6. The maximum atomic E-state index is 2.42. The first-order valence-corrected chi connectivity index (χ1v) is 17.3. The quantitative estimate of drug-likeness (QED) is 0.172. The summed E-state index contributed by atoms with van der Waals surface area (Å²) in [4.78, 5) is 0. The van der Waals surface area contributed by atoms with E-state index in [9.17, 15) is 0 Å². The van der Waals surface area contributed by atoms with Gasteiger partial charge in [0.05, 0.1) is 0 Å². The van der Waals surface area contributed by atoms with E-state index in [-0.39, 0.29) is 5.41 Å². The van der Waals surface area contributed by atoms with E-state index in [0.717, 1.165) is 0 Å². The minimum absolute atomic E-state index is 0.0772. The second-order valence-corrected chi connectivity index (χ2v) is 14.0. The first kappa shape index (κ1) is 28.1. The van der Waals surface area contributed by atoms with Crippen molar-refractivity contribution in [3.05, 3.63) is 181 Å². The highest BCUT2D eigenvalue weighted by Gasteiger charge is 2.37. The first-order chi connectivity index (χ1) is 24.1. The van der Waals surface area contributed by atoms with Gasteiger partial charge in [0.15, 0.2) is 0 Å². The maximum Gasteiger partial charge on any atom is 0.0159 e. The number of hydrogen-bond acceptors (Lipinski definition) is 0. The molecule has 0 radical (unpaired) electrons. The Hall–Kier alpha value is -5.98. The van der Waals surface area contributed by atoms with Crippen LogP contribution in [0.3, 0.4) is 0 Å². The minimum atomic E-state index is -0.0772. The molecule has 10 rings (SSSR count). The van der Waals surface area contributed by atoms with Crippen molar-refractivity contribution < 1.29 is 0 Å². The van der Waals surface area contributed by atoms with E-state index in [1.54, 1.807) is 0 Å². The molecule has 0 heteroatoms. The molecule has 0 aliphatic heterocycles. The summed E-state index contributed by atoms with van der Waals surface area (Å²) in [5, 5.41) is 10.2. The Labute approximate surface area is 286 Å². The number of benzene rings is 9. The molecule has 0 bridgehead atoms. The van der Waals surface area contributed by atoms with Gasteiger partial charge in [-0.25, -0.2) is 0 Å². The van der Waals surface area contributed by atoms with Gasteiger partial charge < -0.3 is 0 Å². The molecule has 0 nitrogen and oxygen atoms in total. The van der Waals surface area contributed by atoms with Gasteiger partial charge >= 0.3 is 0 Å². The maximum absolute atomic E-state index is 2.42. The van der Waals surface area contributed by atoms with Gasteiger partial charge in [-0.05, 0) is 117 Å². The van der Waals surface area contributed by atoms with E-state index >= 15 is 0 Å². The average Bonchev–Trinajstić information content (AvgIpc) is 3.38. The lowest BCUT2D eigenvalue weighted by Crippen LogP contribution is -2.14. The summed E-state index contributed by atoms with van der Waals surface area (Å²) in [5.41, 5.74) is 13.1. The Morgan fingerprint density at radius 3 is 1.53 bits per heavy atom. The van der Waals surface area contributed by atoms with Gasteiger partial charge in [-0.15, -0.1) is 0 Å². The van der Waals surface area contributed by atoms with Crippen LogP contribution < -0.4 is 0 Å². The highest BCUT2D eigenvalue weighted by Crippen LogP contribution is 2.53. The van der Waals surface area contributed by atoms with E-state index in [0.29, 0.717) is 0 Å². The highest BCUT2D eigenvalue weighted by molar-refractivity contribution is 6.23. The molecule has 0 N–H and O–H groups in total. The molecular formula is C49H34. The number of fused-ring (bicyclic) bond motifs is 7. The highest BCUT2D eigenvalue weighted by atomic mass is 14.4. The zero-order valence-corrected chi connectivity index (χ0v) is 27.7. The van der Waals surface area contributed by atoms with Crippen molar-refractivity contribution in [2.24, 2.45) is 0 Å². The SMILES string of the molecule is CC1(C)c2cc3ccccc3cc2-c2c(-c3cccc(-c4c5ccccc5c(-c5cccc6ccccc56)c5ccccc45)c3)cccc21. The lowest BCUT2D eigenvalue weighted by molar-refractivity contribution is 0.661. The molecule has 0 unspecified atom stereocenters. The fourth-order valence-electron chi connectivity index (χ4n) is 8.73. The predicted molar refractivity (Wildman–Crippen MR) is 210 cm³/mol. The fourth-order valence-corrected chi connectivity index (χ4v) is 8.73. The van der Waals surface area contributed by atoms with Crippen LogP contribution in [0.15, 0.2) is 170 Å². The zero-order chi connectivity index (χ0) is 32.7. The van der Waals surface area contributed by atoms with Gasteiger partial charge in [0.1, 0.15) is 0 Å². The van der Waals surface area contributed by atoms with Gasteiger partial charge in [0, 0.05) is 5.41 Å². The molecule has 0 aromatic heterocycles. The smallest absolute Gasteiger partial charge is 0.0159 e. The van der Waals surface area contributed by atoms with Crippen molar-refractivity contribution in [3.8, 4) is 44.5 Å². The van der Waals surface area contributed by atoms with Gasteiger partial charge in [-0.2, -0.15) is 0 Å². The summed E-state index contributed by atoms with van der Waals surface area (Å²) in [6, 6.07) is 63.2. The molecule has 0 fully saturated rings. The minimum Gasteiger partial charge on any atom is -0.0616 e. The third kappa shape index (κ3) is 4.11. The van der Waals surface area contributed by atoms with E-state index in [4.69, 9.17) is 0 Å². The molecular weight excluding hydrogens is 589 g/mol. The summed E-state index contributed by atoms with van der Waals surface area (Å²) < 4.78 is 0. The summed E-state index contributed by atoms with van der Waals surface area (Å²) in [5.74, 6) is 0. The summed E-state index contributed by atoms with van der Waals surface area (Å²) in [7, 11) is 0. The van der Waals surface area contributed by atoms with Crippen molar-refractivity contribution in [2.75, 3.05) is 0 Å². The zero-order valence-electron chi connectivity index (χ0n) is 27.7. The Balaban J connectivity index is 1.23. The van der Waals surface area contributed by atoms with Crippen molar-refractivity contribution >= 4 is 43.1 Å². The summed E-state index contributed by atoms with van der Waals surface area (Å²) in [6.07, 6.45) is 0. The number of rotatable bonds is 3. The lowest BCUT2D eigenvalue weighted by Gasteiger charge is -2.22. The number of hydrogen-bond donors (Lipinski definition) is 0. The monoisotopic (exact) mass is 622 g/mol. The molecule has 1 aliphatic carbocycles. The topological polar surface area (TPSA) is 0 Å². The van der Waals surface area contributed by atoms with Crippen LogP contribution >= 0.6 is 0 Å². The molecule has 1 aliphatic rings. The van der Waals surface area contributed by atoms with E-state index in [1.807, 2.05) is 0 Å². The van der Waals surface area contributed by atoms with Crippen LogP contribution in [-0.2, 0) is 5.41 Å². The van der Waals surface area contributed by atoms with Gasteiger partial charge in [-0.1, -0.05) is 166 Å². The standard InChI is InChI=1S/C49H34/c1-49(2)44-27-13-25-37(48(44)43-29-32-15-3-4-16-33(32)30-45(43)49)34-18-11-19-35(28-34)46-39-21-7-9-23-41(39)47(42-24-10-8-22-40(42)46)38-26-12-17-31-14-5-6-20-36(31)38/h3-30H,1-2H3. The molecule has 0 saturated heterocycles. The van der Waals surface area contributed by atoms with Crippen LogP contribution in [-0.4, -0.2) is 0 Å². The van der Waals surface area contributed by atoms with Crippen LogP contribution in [0.1, 0.15) is 25.0 Å². The molecule has 0 atom stereocenters. The summed E-state index contributed by atoms with van der Waals surface area (Å²) in [6.45, 7) is 4.75. The normalized spacial score (nSPS) is 13.3.